The number of fused-ring (bicyclic) bond motifs is 1. The maximum Gasteiger partial charge on any atom is 0.227 e. The number of methoxy groups -OCH3 is 1. The molecule has 3 heterocycles. The van der Waals surface area contributed by atoms with Crippen molar-refractivity contribution in [1.82, 2.24) is 9.88 Å². The van der Waals surface area contributed by atoms with Gasteiger partial charge >= 0.3 is 0 Å². The molecule has 1 aromatic heterocycles. The van der Waals surface area contributed by atoms with Gasteiger partial charge < -0.3 is 19.3 Å². The molecule has 0 spiro atoms. The Hall–Kier alpha value is -3.11. The smallest absolute Gasteiger partial charge is 0.227 e. The van der Waals surface area contributed by atoms with Gasteiger partial charge in [0.05, 0.1) is 38.0 Å². The molecule has 7 nitrogen and oxygen atoms in total. The molecule has 2 fully saturated rings. The Labute approximate surface area is 214 Å². The number of benzene rings is 1. The van der Waals surface area contributed by atoms with E-state index in [1.165, 1.54) is 19.3 Å². The van der Waals surface area contributed by atoms with Crippen molar-refractivity contribution in [2.24, 2.45) is 0 Å². The molecule has 1 amide bonds. The minimum Gasteiger partial charge on any atom is -0.496 e. The quantitative estimate of drug-likeness (QED) is 0.622. The summed E-state index contributed by atoms with van der Waals surface area (Å²) in [5, 5.41) is 10.2. The van der Waals surface area contributed by atoms with Crippen molar-refractivity contribution in [2.75, 3.05) is 38.3 Å². The van der Waals surface area contributed by atoms with E-state index in [0.29, 0.717) is 50.8 Å². The van der Waals surface area contributed by atoms with Crippen molar-refractivity contribution in [3.8, 4) is 11.8 Å². The van der Waals surface area contributed by atoms with Gasteiger partial charge in [0.1, 0.15) is 17.6 Å². The number of amides is 1. The first-order valence-electron chi connectivity index (χ1n) is 13.3. The number of carbonyl (C=O) groups excluding carboxylic acids is 1. The third-order valence-electron chi connectivity index (χ3n) is 8.05. The number of rotatable bonds is 5. The Morgan fingerprint density at radius 3 is 2.75 bits per heavy atom. The molecule has 1 saturated carbocycles. The summed E-state index contributed by atoms with van der Waals surface area (Å²) >= 11 is 0. The first-order chi connectivity index (χ1) is 17.6. The van der Waals surface area contributed by atoms with Gasteiger partial charge in [-0.05, 0) is 37.8 Å². The van der Waals surface area contributed by atoms with Crippen LogP contribution in [-0.2, 0) is 29.0 Å². The molecule has 3 aliphatic rings. The van der Waals surface area contributed by atoms with Gasteiger partial charge in [0.2, 0.25) is 5.91 Å². The minimum atomic E-state index is 0.0202. The molecule has 2 aliphatic heterocycles. The molecule has 1 unspecified atom stereocenters. The van der Waals surface area contributed by atoms with E-state index in [9.17, 15) is 10.1 Å². The second-order valence-electron chi connectivity index (χ2n) is 10.3. The number of piperazine rings is 1. The van der Waals surface area contributed by atoms with Crippen LogP contribution < -0.4 is 9.64 Å². The van der Waals surface area contributed by atoms with E-state index >= 15 is 0 Å². The van der Waals surface area contributed by atoms with Crippen LogP contribution in [0.15, 0.2) is 24.3 Å². The SMILES string of the molecule is COc1ccccc1CC(=O)N1CCN(c2nc(C3CCCCC3)c3c(c2C#N)CCOC3)CC1C. The number of para-hydroxylation sites is 1. The van der Waals surface area contributed by atoms with Gasteiger partial charge in [-0.3, -0.25) is 4.79 Å². The third-order valence-corrected chi connectivity index (χ3v) is 8.05. The molecule has 2 aromatic rings. The second-order valence-corrected chi connectivity index (χ2v) is 10.3. The molecule has 36 heavy (non-hydrogen) atoms. The summed E-state index contributed by atoms with van der Waals surface area (Å²) in [5.41, 5.74) is 5.06. The lowest BCUT2D eigenvalue weighted by atomic mass is 9.82. The first kappa shape index (κ1) is 24.6. The van der Waals surface area contributed by atoms with Gasteiger partial charge in [0.15, 0.2) is 0 Å². The minimum absolute atomic E-state index is 0.0202. The van der Waals surface area contributed by atoms with Crippen LogP contribution >= 0.6 is 0 Å². The monoisotopic (exact) mass is 488 g/mol. The highest BCUT2D eigenvalue weighted by atomic mass is 16.5. The predicted octanol–water partition coefficient (Wildman–Crippen LogP) is 4.36. The maximum absolute atomic E-state index is 13.2. The lowest BCUT2D eigenvalue weighted by Gasteiger charge is -2.41. The predicted molar refractivity (Wildman–Crippen MR) is 138 cm³/mol. The highest BCUT2D eigenvalue weighted by Crippen LogP contribution is 2.39. The average Bonchev–Trinajstić information content (AvgIpc) is 2.92. The van der Waals surface area contributed by atoms with E-state index in [1.807, 2.05) is 29.2 Å². The van der Waals surface area contributed by atoms with Crippen molar-refractivity contribution in [1.29, 1.82) is 5.26 Å². The number of ether oxygens (including phenoxy) is 2. The van der Waals surface area contributed by atoms with Crippen molar-refractivity contribution >= 4 is 11.7 Å². The Morgan fingerprint density at radius 1 is 1.19 bits per heavy atom. The summed E-state index contributed by atoms with van der Waals surface area (Å²) in [6.45, 7) is 5.25. The lowest BCUT2D eigenvalue weighted by Crippen LogP contribution is -2.55. The number of nitrogens with zero attached hydrogens (tertiary/aromatic N) is 4. The maximum atomic E-state index is 13.2. The van der Waals surface area contributed by atoms with Crippen LogP contribution in [0.3, 0.4) is 0 Å². The number of nitriles is 1. The van der Waals surface area contributed by atoms with Gasteiger partial charge in [0, 0.05) is 42.7 Å². The van der Waals surface area contributed by atoms with Crippen LogP contribution in [0.25, 0.3) is 0 Å². The highest BCUT2D eigenvalue weighted by molar-refractivity contribution is 5.80. The van der Waals surface area contributed by atoms with Gasteiger partial charge in [-0.1, -0.05) is 37.5 Å². The fourth-order valence-corrected chi connectivity index (χ4v) is 6.16. The number of hydrogen-bond donors (Lipinski definition) is 0. The highest BCUT2D eigenvalue weighted by Gasteiger charge is 2.33. The topological polar surface area (TPSA) is 78.7 Å². The summed E-state index contributed by atoms with van der Waals surface area (Å²) in [7, 11) is 1.64. The Bertz CT molecular complexity index is 1150. The first-order valence-corrected chi connectivity index (χ1v) is 13.3. The van der Waals surface area contributed by atoms with Gasteiger partial charge in [-0.2, -0.15) is 5.26 Å². The zero-order chi connectivity index (χ0) is 25.1. The van der Waals surface area contributed by atoms with E-state index in [1.54, 1.807) is 7.11 Å². The summed E-state index contributed by atoms with van der Waals surface area (Å²) in [4.78, 5) is 22.6. The molecule has 5 rings (SSSR count). The Balaban J connectivity index is 1.39. The second kappa shape index (κ2) is 10.9. The largest absolute Gasteiger partial charge is 0.496 e. The summed E-state index contributed by atoms with van der Waals surface area (Å²) in [5.74, 6) is 2.10. The fraction of sp³-hybridized carbons (Fsp3) is 0.552. The van der Waals surface area contributed by atoms with Crippen molar-refractivity contribution in [3.05, 3.63) is 52.2 Å². The molecule has 1 aromatic carbocycles. The zero-order valence-electron chi connectivity index (χ0n) is 21.5. The normalized spacial score (nSPS) is 20.5. The Kier molecular flexibility index (Phi) is 7.43. The Morgan fingerprint density at radius 2 is 2.00 bits per heavy atom. The average molecular weight is 489 g/mol. The molecular formula is C29H36N4O3. The zero-order valence-corrected chi connectivity index (χ0v) is 21.5. The molecule has 1 atom stereocenters. The van der Waals surface area contributed by atoms with Gasteiger partial charge in [-0.15, -0.1) is 0 Å². The molecule has 1 saturated heterocycles. The van der Waals surface area contributed by atoms with Crippen LogP contribution in [0.5, 0.6) is 5.75 Å². The molecule has 7 heteroatoms. The number of hydrogen-bond acceptors (Lipinski definition) is 6. The molecule has 0 N–H and O–H groups in total. The van der Waals surface area contributed by atoms with E-state index in [0.717, 1.165) is 53.2 Å². The summed E-state index contributed by atoms with van der Waals surface area (Å²) in [6.07, 6.45) is 7.17. The van der Waals surface area contributed by atoms with Crippen LogP contribution in [0.1, 0.15) is 72.9 Å². The molecule has 0 bridgehead atoms. The number of anilines is 1. The van der Waals surface area contributed by atoms with Crippen molar-refractivity contribution in [2.45, 2.75) is 70.4 Å². The van der Waals surface area contributed by atoms with Gasteiger partial charge in [0.25, 0.3) is 0 Å². The van der Waals surface area contributed by atoms with Gasteiger partial charge in [-0.25, -0.2) is 4.98 Å². The molecule has 1 aliphatic carbocycles. The number of carbonyl (C=O) groups is 1. The van der Waals surface area contributed by atoms with Crippen LogP contribution in [0.4, 0.5) is 5.82 Å². The molecule has 0 radical (unpaired) electrons. The number of pyridine rings is 1. The van der Waals surface area contributed by atoms with Crippen LogP contribution in [0, 0.1) is 11.3 Å². The fourth-order valence-electron chi connectivity index (χ4n) is 6.16. The van der Waals surface area contributed by atoms with E-state index in [-0.39, 0.29) is 11.9 Å². The van der Waals surface area contributed by atoms with Crippen LogP contribution in [-0.4, -0.2) is 55.2 Å². The summed E-state index contributed by atoms with van der Waals surface area (Å²) < 4.78 is 11.3. The standard InChI is InChI=1S/C29H36N4O3/c1-20-18-32(13-14-33(20)27(34)16-22-10-6-7-11-26(22)35-2)29-24(17-30)23-12-15-36-19-25(23)28(31-29)21-8-4-3-5-9-21/h6-7,10-11,20-21H,3-5,8-9,12-16,18-19H2,1-2H3. The molecular weight excluding hydrogens is 452 g/mol. The number of aromatic nitrogens is 1. The van der Waals surface area contributed by atoms with Crippen molar-refractivity contribution < 1.29 is 14.3 Å². The van der Waals surface area contributed by atoms with E-state index < -0.39 is 0 Å². The molecule has 190 valence electrons. The summed E-state index contributed by atoms with van der Waals surface area (Å²) in [6, 6.07) is 10.2. The van der Waals surface area contributed by atoms with Crippen molar-refractivity contribution in [3.63, 3.8) is 0 Å². The van der Waals surface area contributed by atoms with E-state index in [4.69, 9.17) is 14.5 Å². The van der Waals surface area contributed by atoms with E-state index in [2.05, 4.69) is 17.9 Å². The van der Waals surface area contributed by atoms with Crippen LogP contribution in [0.2, 0.25) is 0 Å². The lowest BCUT2D eigenvalue weighted by molar-refractivity contribution is -0.132. The third kappa shape index (κ3) is 4.79.